The van der Waals surface area contributed by atoms with Crippen LogP contribution in [0.25, 0.3) is 11.6 Å². The van der Waals surface area contributed by atoms with Crippen molar-refractivity contribution in [3.8, 4) is 11.6 Å². The highest BCUT2D eigenvalue weighted by atomic mass is 16.5. The second kappa shape index (κ2) is 4.95. The fourth-order valence-corrected chi connectivity index (χ4v) is 1.63. The highest BCUT2D eigenvalue weighted by Gasteiger charge is 2.19. The summed E-state index contributed by atoms with van der Waals surface area (Å²) >= 11 is 0. The molecule has 1 unspecified atom stereocenters. The van der Waals surface area contributed by atoms with Crippen LogP contribution < -0.4 is 0 Å². The highest BCUT2D eigenvalue weighted by Crippen LogP contribution is 2.21. The Balaban J connectivity index is 1.90. The van der Waals surface area contributed by atoms with E-state index in [1.165, 1.54) is 0 Å². The third-order valence-electron chi connectivity index (χ3n) is 2.56. The lowest BCUT2D eigenvalue weighted by Gasteiger charge is -2.04. The second-order valence-electron chi connectivity index (χ2n) is 3.84. The smallest absolute Gasteiger partial charge is 0.260 e. The SMILES string of the molecule is OC(c1ccccc1)c1nc(-c2ncccn2)no1. The van der Waals surface area contributed by atoms with Crippen LogP contribution >= 0.6 is 0 Å². The molecule has 0 spiro atoms. The van der Waals surface area contributed by atoms with Gasteiger partial charge in [-0.25, -0.2) is 9.97 Å². The predicted molar refractivity (Wildman–Crippen MR) is 65.8 cm³/mol. The van der Waals surface area contributed by atoms with Gasteiger partial charge in [0.1, 0.15) is 0 Å². The normalized spacial score (nSPS) is 12.3. The van der Waals surface area contributed by atoms with Crippen molar-refractivity contribution in [3.05, 3.63) is 60.2 Å². The first kappa shape index (κ1) is 11.5. The van der Waals surface area contributed by atoms with E-state index in [9.17, 15) is 5.11 Å². The van der Waals surface area contributed by atoms with E-state index < -0.39 is 6.10 Å². The number of rotatable bonds is 3. The zero-order valence-corrected chi connectivity index (χ0v) is 9.84. The Kier molecular flexibility index (Phi) is 2.99. The van der Waals surface area contributed by atoms with E-state index in [-0.39, 0.29) is 11.7 Å². The van der Waals surface area contributed by atoms with Crippen LogP contribution in [0.3, 0.4) is 0 Å². The molecule has 0 aliphatic rings. The van der Waals surface area contributed by atoms with Gasteiger partial charge < -0.3 is 9.63 Å². The van der Waals surface area contributed by atoms with E-state index in [0.29, 0.717) is 11.4 Å². The van der Waals surface area contributed by atoms with Gasteiger partial charge in [-0.15, -0.1) is 0 Å². The molecule has 0 fully saturated rings. The number of aromatic nitrogens is 4. The summed E-state index contributed by atoms with van der Waals surface area (Å²) in [5, 5.41) is 13.9. The molecule has 0 bridgehead atoms. The lowest BCUT2D eigenvalue weighted by Crippen LogP contribution is -1.99. The van der Waals surface area contributed by atoms with E-state index in [2.05, 4.69) is 20.1 Å². The molecule has 1 N–H and O–H groups in total. The van der Waals surface area contributed by atoms with Gasteiger partial charge in [0.15, 0.2) is 6.10 Å². The van der Waals surface area contributed by atoms with Gasteiger partial charge in [0.2, 0.25) is 11.6 Å². The fourth-order valence-electron chi connectivity index (χ4n) is 1.63. The molecule has 3 rings (SSSR count). The lowest BCUT2D eigenvalue weighted by atomic mass is 10.1. The average Bonchev–Trinajstić information content (AvgIpc) is 2.98. The van der Waals surface area contributed by atoms with Crippen molar-refractivity contribution in [2.75, 3.05) is 0 Å². The van der Waals surface area contributed by atoms with Crippen molar-refractivity contribution in [1.29, 1.82) is 0 Å². The third kappa shape index (κ3) is 2.34. The largest absolute Gasteiger partial charge is 0.378 e. The van der Waals surface area contributed by atoms with Gasteiger partial charge >= 0.3 is 0 Å². The maximum absolute atomic E-state index is 10.1. The number of benzene rings is 1. The van der Waals surface area contributed by atoms with Crippen molar-refractivity contribution in [3.63, 3.8) is 0 Å². The maximum atomic E-state index is 10.1. The van der Waals surface area contributed by atoms with Crippen LogP contribution in [-0.4, -0.2) is 25.2 Å². The Morgan fingerprint density at radius 3 is 2.42 bits per heavy atom. The van der Waals surface area contributed by atoms with Gasteiger partial charge in [-0.05, 0) is 11.6 Å². The van der Waals surface area contributed by atoms with Gasteiger partial charge in [-0.3, -0.25) is 0 Å². The van der Waals surface area contributed by atoms with Crippen molar-refractivity contribution < 1.29 is 9.63 Å². The van der Waals surface area contributed by atoms with Crippen LogP contribution in [0.2, 0.25) is 0 Å². The summed E-state index contributed by atoms with van der Waals surface area (Å²) in [6, 6.07) is 10.8. The number of hydrogen-bond donors (Lipinski definition) is 1. The van der Waals surface area contributed by atoms with E-state index in [1.807, 2.05) is 18.2 Å². The Morgan fingerprint density at radius 1 is 0.947 bits per heavy atom. The summed E-state index contributed by atoms with van der Waals surface area (Å²) in [5.74, 6) is 0.733. The van der Waals surface area contributed by atoms with Crippen molar-refractivity contribution in [2.45, 2.75) is 6.10 Å². The number of hydrogen-bond acceptors (Lipinski definition) is 6. The van der Waals surface area contributed by atoms with Crippen molar-refractivity contribution in [1.82, 2.24) is 20.1 Å². The predicted octanol–water partition coefficient (Wildman–Crippen LogP) is 1.61. The molecule has 2 aromatic heterocycles. The van der Waals surface area contributed by atoms with Gasteiger partial charge in [0, 0.05) is 12.4 Å². The number of nitrogens with zero attached hydrogens (tertiary/aromatic N) is 4. The Hall–Kier alpha value is -2.60. The minimum Gasteiger partial charge on any atom is -0.378 e. The fraction of sp³-hybridized carbons (Fsp3) is 0.0769. The zero-order chi connectivity index (χ0) is 13.1. The van der Waals surface area contributed by atoms with Crippen LogP contribution in [0, 0.1) is 0 Å². The summed E-state index contributed by atoms with van der Waals surface area (Å²) < 4.78 is 5.04. The molecule has 1 atom stereocenters. The molecule has 0 aliphatic carbocycles. The molecule has 6 nitrogen and oxygen atoms in total. The van der Waals surface area contributed by atoms with Crippen LogP contribution in [0.1, 0.15) is 17.6 Å². The molecule has 0 amide bonds. The lowest BCUT2D eigenvalue weighted by molar-refractivity contribution is 0.170. The first-order chi connectivity index (χ1) is 9.34. The summed E-state index contributed by atoms with van der Waals surface area (Å²) in [6.07, 6.45) is 2.23. The molecule has 19 heavy (non-hydrogen) atoms. The molecule has 0 saturated carbocycles. The molecule has 2 heterocycles. The topological polar surface area (TPSA) is 84.9 Å². The molecule has 0 radical (unpaired) electrons. The van der Waals surface area contributed by atoms with E-state index >= 15 is 0 Å². The van der Waals surface area contributed by atoms with Crippen LogP contribution in [0.5, 0.6) is 0 Å². The average molecular weight is 254 g/mol. The van der Waals surface area contributed by atoms with Gasteiger partial charge in [-0.1, -0.05) is 35.5 Å². The van der Waals surface area contributed by atoms with Crippen molar-refractivity contribution >= 4 is 0 Å². The van der Waals surface area contributed by atoms with Crippen LogP contribution in [0.15, 0.2) is 53.3 Å². The van der Waals surface area contributed by atoms with Crippen molar-refractivity contribution in [2.24, 2.45) is 0 Å². The van der Waals surface area contributed by atoms with Gasteiger partial charge in [0.25, 0.3) is 5.89 Å². The minimum absolute atomic E-state index is 0.119. The molecule has 0 aliphatic heterocycles. The van der Waals surface area contributed by atoms with Crippen LogP contribution in [-0.2, 0) is 0 Å². The first-order valence-electron chi connectivity index (χ1n) is 5.68. The summed E-state index contributed by atoms with van der Waals surface area (Å²) in [7, 11) is 0. The molecular formula is C13H10N4O2. The molecule has 3 aromatic rings. The Labute approximate surface area is 108 Å². The summed E-state index contributed by atoms with van der Waals surface area (Å²) in [6.45, 7) is 0. The molecular weight excluding hydrogens is 244 g/mol. The molecule has 94 valence electrons. The van der Waals surface area contributed by atoms with E-state index in [0.717, 1.165) is 0 Å². The Morgan fingerprint density at radius 2 is 1.68 bits per heavy atom. The minimum atomic E-state index is -0.953. The quantitative estimate of drug-likeness (QED) is 0.764. The van der Waals surface area contributed by atoms with Crippen LogP contribution in [0.4, 0.5) is 0 Å². The standard InChI is InChI=1S/C13H10N4O2/c18-10(9-5-2-1-3-6-9)13-16-12(17-19-13)11-14-7-4-8-15-11/h1-8,10,18H. The molecule has 1 aromatic carbocycles. The highest BCUT2D eigenvalue weighted by molar-refractivity contribution is 5.40. The second-order valence-corrected chi connectivity index (χ2v) is 3.84. The van der Waals surface area contributed by atoms with E-state index in [4.69, 9.17) is 4.52 Å². The molecule has 0 saturated heterocycles. The van der Waals surface area contributed by atoms with E-state index in [1.54, 1.807) is 30.6 Å². The molecule has 6 heteroatoms. The van der Waals surface area contributed by atoms with Gasteiger partial charge in [-0.2, -0.15) is 4.98 Å². The third-order valence-corrected chi connectivity index (χ3v) is 2.56. The number of aliphatic hydroxyl groups excluding tert-OH is 1. The Bertz CT molecular complexity index is 655. The zero-order valence-electron chi connectivity index (χ0n) is 9.84. The maximum Gasteiger partial charge on any atom is 0.260 e. The summed E-state index contributed by atoms with van der Waals surface area (Å²) in [4.78, 5) is 12.1. The van der Waals surface area contributed by atoms with Gasteiger partial charge in [0.05, 0.1) is 0 Å². The summed E-state index contributed by atoms with van der Waals surface area (Å²) in [5.41, 5.74) is 0.687. The first-order valence-corrected chi connectivity index (χ1v) is 5.68. The number of aliphatic hydroxyl groups is 1. The monoisotopic (exact) mass is 254 g/mol.